The van der Waals surface area contributed by atoms with Crippen LogP contribution in [0.2, 0.25) is 10.0 Å². The van der Waals surface area contributed by atoms with Crippen molar-refractivity contribution >= 4 is 39.1 Å². The Labute approximate surface area is 127 Å². The van der Waals surface area contributed by atoms with Crippen LogP contribution in [0.1, 0.15) is 17.3 Å². The van der Waals surface area contributed by atoms with E-state index in [-0.39, 0.29) is 27.0 Å². The van der Waals surface area contributed by atoms with E-state index in [9.17, 15) is 13.2 Å². The zero-order valence-corrected chi connectivity index (χ0v) is 13.0. The smallest absolute Gasteiger partial charge is 0.252 e. The van der Waals surface area contributed by atoms with Gasteiger partial charge in [-0.1, -0.05) is 23.2 Å². The molecule has 0 fully saturated rings. The fourth-order valence-electron chi connectivity index (χ4n) is 1.41. The van der Waals surface area contributed by atoms with E-state index in [1.54, 1.807) is 0 Å². The van der Waals surface area contributed by atoms with Crippen molar-refractivity contribution < 1.29 is 17.9 Å². The van der Waals surface area contributed by atoms with Crippen LogP contribution in [0.15, 0.2) is 17.0 Å². The molecule has 1 amide bonds. The fraction of sp³-hybridized carbons (Fsp3) is 0.364. The molecule has 1 aromatic rings. The number of carbonyl (C=O) groups excluding carboxylic acids is 1. The average molecular weight is 341 g/mol. The predicted molar refractivity (Wildman–Crippen MR) is 76.7 cm³/mol. The van der Waals surface area contributed by atoms with E-state index >= 15 is 0 Å². The van der Waals surface area contributed by atoms with Crippen molar-refractivity contribution in [3.63, 3.8) is 0 Å². The van der Waals surface area contributed by atoms with Gasteiger partial charge in [-0.3, -0.25) is 4.79 Å². The zero-order chi connectivity index (χ0) is 15.3. The van der Waals surface area contributed by atoms with Crippen molar-refractivity contribution in [2.24, 2.45) is 5.14 Å². The lowest BCUT2D eigenvalue weighted by molar-refractivity contribution is 0.0922. The van der Waals surface area contributed by atoms with Crippen LogP contribution >= 0.6 is 23.2 Å². The summed E-state index contributed by atoms with van der Waals surface area (Å²) in [5.41, 5.74) is -0.0558. The third-order valence-corrected chi connectivity index (χ3v) is 3.96. The van der Waals surface area contributed by atoms with Gasteiger partial charge in [0.1, 0.15) is 4.90 Å². The molecule has 0 radical (unpaired) electrons. The number of benzene rings is 1. The third kappa shape index (κ3) is 4.60. The van der Waals surface area contributed by atoms with Crippen LogP contribution in [-0.4, -0.2) is 34.1 Å². The van der Waals surface area contributed by atoms with Gasteiger partial charge in [0.2, 0.25) is 10.0 Å². The summed E-state index contributed by atoms with van der Waals surface area (Å²) in [6.07, 6.45) is 0. The maximum Gasteiger partial charge on any atom is 0.252 e. The Morgan fingerprint density at radius 3 is 2.60 bits per heavy atom. The van der Waals surface area contributed by atoms with Gasteiger partial charge in [0.25, 0.3) is 5.91 Å². The highest BCUT2D eigenvalue weighted by atomic mass is 35.5. The van der Waals surface area contributed by atoms with Crippen molar-refractivity contribution in [2.45, 2.75) is 11.8 Å². The lowest BCUT2D eigenvalue weighted by atomic mass is 10.2. The molecule has 0 atom stereocenters. The van der Waals surface area contributed by atoms with E-state index in [1.165, 1.54) is 6.07 Å². The Morgan fingerprint density at radius 1 is 1.40 bits per heavy atom. The van der Waals surface area contributed by atoms with Gasteiger partial charge in [0, 0.05) is 18.2 Å². The molecule has 0 aromatic heterocycles. The molecule has 0 saturated carbocycles. The molecule has 6 nitrogen and oxygen atoms in total. The van der Waals surface area contributed by atoms with Gasteiger partial charge in [-0.2, -0.15) is 0 Å². The van der Waals surface area contributed by atoms with E-state index in [2.05, 4.69) is 5.32 Å². The van der Waals surface area contributed by atoms with Crippen molar-refractivity contribution in [1.82, 2.24) is 5.32 Å². The van der Waals surface area contributed by atoms with Gasteiger partial charge >= 0.3 is 0 Å². The fourth-order valence-corrected chi connectivity index (χ4v) is 2.86. The van der Waals surface area contributed by atoms with E-state index < -0.39 is 15.9 Å². The first-order chi connectivity index (χ1) is 9.27. The van der Waals surface area contributed by atoms with Gasteiger partial charge in [-0.05, 0) is 19.1 Å². The van der Waals surface area contributed by atoms with Crippen molar-refractivity contribution in [3.05, 3.63) is 27.7 Å². The number of halogens is 2. The van der Waals surface area contributed by atoms with Gasteiger partial charge < -0.3 is 10.1 Å². The summed E-state index contributed by atoms with van der Waals surface area (Å²) in [6, 6.07) is 2.37. The summed E-state index contributed by atoms with van der Waals surface area (Å²) in [7, 11) is -4.06. The van der Waals surface area contributed by atoms with E-state index in [0.717, 1.165) is 6.07 Å². The molecule has 112 valence electrons. The summed E-state index contributed by atoms with van der Waals surface area (Å²) < 4.78 is 27.8. The van der Waals surface area contributed by atoms with Crippen LogP contribution in [0.5, 0.6) is 0 Å². The van der Waals surface area contributed by atoms with E-state index in [4.69, 9.17) is 33.1 Å². The summed E-state index contributed by atoms with van der Waals surface area (Å²) in [5, 5.41) is 7.34. The van der Waals surface area contributed by atoms with Gasteiger partial charge in [-0.25, -0.2) is 13.6 Å². The number of nitrogens with one attached hydrogen (secondary N) is 1. The van der Waals surface area contributed by atoms with Crippen LogP contribution < -0.4 is 10.5 Å². The molecule has 0 heterocycles. The second-order valence-corrected chi connectivity index (χ2v) is 6.11. The average Bonchev–Trinajstić information content (AvgIpc) is 2.35. The minimum absolute atomic E-state index is 0.0494. The molecule has 9 heteroatoms. The molecule has 0 spiro atoms. The second-order valence-electron chi connectivity index (χ2n) is 3.76. The number of primary sulfonamides is 1. The second kappa shape index (κ2) is 7.24. The molecule has 20 heavy (non-hydrogen) atoms. The van der Waals surface area contributed by atoms with Crippen LogP contribution in [0, 0.1) is 0 Å². The standard InChI is InChI=1S/C11H14Cl2N2O4S/c1-2-19-4-3-15-11(16)8-5-7(12)6-9(10(8)13)20(14,17)18/h5-6H,2-4H2,1H3,(H,15,16)(H2,14,17,18). The molecular formula is C11H14Cl2N2O4S. The Hall–Kier alpha value is -0.860. The molecular weight excluding hydrogens is 327 g/mol. The molecule has 0 aliphatic heterocycles. The number of rotatable bonds is 6. The maximum absolute atomic E-state index is 11.9. The van der Waals surface area contributed by atoms with Gasteiger partial charge in [0.15, 0.2) is 0 Å². The molecule has 0 bridgehead atoms. The zero-order valence-electron chi connectivity index (χ0n) is 10.7. The highest BCUT2D eigenvalue weighted by molar-refractivity contribution is 7.89. The lowest BCUT2D eigenvalue weighted by Gasteiger charge is -2.10. The Bertz CT molecular complexity index is 605. The van der Waals surface area contributed by atoms with Gasteiger partial charge in [0.05, 0.1) is 17.2 Å². The number of nitrogens with two attached hydrogens (primary N) is 1. The Balaban J connectivity index is 3.01. The van der Waals surface area contributed by atoms with Crippen molar-refractivity contribution in [3.8, 4) is 0 Å². The minimum atomic E-state index is -4.06. The first kappa shape index (κ1) is 17.2. The highest BCUT2D eigenvalue weighted by Gasteiger charge is 2.21. The molecule has 0 aliphatic carbocycles. The predicted octanol–water partition coefficient (Wildman–Crippen LogP) is 1.41. The molecule has 0 aliphatic rings. The number of ether oxygens (including phenoxy) is 1. The highest BCUT2D eigenvalue weighted by Crippen LogP contribution is 2.28. The number of carbonyl (C=O) groups is 1. The molecule has 3 N–H and O–H groups in total. The van der Waals surface area contributed by atoms with E-state index in [1.807, 2.05) is 6.92 Å². The van der Waals surface area contributed by atoms with Gasteiger partial charge in [-0.15, -0.1) is 0 Å². The van der Waals surface area contributed by atoms with Crippen molar-refractivity contribution in [2.75, 3.05) is 19.8 Å². The van der Waals surface area contributed by atoms with Crippen LogP contribution in [-0.2, 0) is 14.8 Å². The summed E-state index contributed by atoms with van der Waals surface area (Å²) >= 11 is 11.7. The third-order valence-electron chi connectivity index (χ3n) is 2.29. The lowest BCUT2D eigenvalue weighted by Crippen LogP contribution is -2.28. The number of sulfonamides is 1. The SMILES string of the molecule is CCOCCNC(=O)c1cc(Cl)cc(S(N)(=O)=O)c1Cl. The summed E-state index contributed by atoms with van der Waals surface area (Å²) in [6.45, 7) is 2.96. The first-order valence-electron chi connectivity index (χ1n) is 5.65. The Kier molecular flexibility index (Phi) is 6.22. The number of hydrogen-bond acceptors (Lipinski definition) is 4. The van der Waals surface area contributed by atoms with E-state index in [0.29, 0.717) is 13.2 Å². The quantitative estimate of drug-likeness (QED) is 0.764. The summed E-state index contributed by atoms with van der Waals surface area (Å²) in [4.78, 5) is 11.5. The summed E-state index contributed by atoms with van der Waals surface area (Å²) in [5.74, 6) is -0.554. The first-order valence-corrected chi connectivity index (χ1v) is 7.95. The normalized spacial score (nSPS) is 11.4. The topological polar surface area (TPSA) is 98.5 Å². The largest absolute Gasteiger partial charge is 0.380 e. The molecule has 0 unspecified atom stereocenters. The van der Waals surface area contributed by atoms with Crippen LogP contribution in [0.25, 0.3) is 0 Å². The minimum Gasteiger partial charge on any atom is -0.380 e. The van der Waals surface area contributed by atoms with Crippen LogP contribution in [0.4, 0.5) is 0 Å². The molecule has 1 aromatic carbocycles. The number of hydrogen-bond donors (Lipinski definition) is 2. The Morgan fingerprint density at radius 2 is 2.05 bits per heavy atom. The number of amides is 1. The van der Waals surface area contributed by atoms with Crippen molar-refractivity contribution in [1.29, 1.82) is 0 Å². The maximum atomic E-state index is 11.9. The molecule has 0 saturated heterocycles. The molecule has 1 rings (SSSR count). The monoisotopic (exact) mass is 340 g/mol. The van der Waals surface area contributed by atoms with Crippen LogP contribution in [0.3, 0.4) is 0 Å².